The van der Waals surface area contributed by atoms with Crippen molar-refractivity contribution in [2.75, 3.05) is 4.90 Å². The molecule has 0 N–H and O–H groups in total. The van der Waals surface area contributed by atoms with Crippen LogP contribution < -0.4 is 39.2 Å². The van der Waals surface area contributed by atoms with Crippen LogP contribution in [-0.4, -0.2) is 43.5 Å². The minimum absolute atomic E-state index is 0. The molecule has 43 heavy (non-hydrogen) atoms. The van der Waals surface area contributed by atoms with Crippen molar-refractivity contribution in [2.24, 2.45) is 0 Å². The van der Waals surface area contributed by atoms with Gasteiger partial charge in [0.2, 0.25) is 0 Å². The van der Waals surface area contributed by atoms with Gasteiger partial charge in [0.05, 0.1) is 22.9 Å². The summed E-state index contributed by atoms with van der Waals surface area (Å²) in [5.41, 5.74) is 2.87. The first kappa shape index (κ1) is 31.0. The first-order valence-corrected chi connectivity index (χ1v) is 15.8. The molecule has 0 radical (unpaired) electrons. The summed E-state index contributed by atoms with van der Waals surface area (Å²) in [5.74, 6) is 0.545. The molecule has 2 aromatic carbocycles. The summed E-state index contributed by atoms with van der Waals surface area (Å²) in [4.78, 5) is 7.52. The molecule has 0 amide bonds. The number of nitrogens with zero attached hydrogens (tertiary/aromatic N) is 3. The number of anilines is 1. The van der Waals surface area contributed by atoms with Gasteiger partial charge in [-0.05, 0) is 86.4 Å². The summed E-state index contributed by atoms with van der Waals surface area (Å²) >= 11 is -0.788. The van der Waals surface area contributed by atoms with Crippen LogP contribution in [-0.2, 0) is 22.4 Å². The van der Waals surface area contributed by atoms with Gasteiger partial charge in [-0.15, -0.1) is 13.2 Å². The monoisotopic (exact) mass is 641 g/mol. The average molecular weight is 642 g/mol. The van der Waals surface area contributed by atoms with Crippen molar-refractivity contribution in [3.8, 4) is 17.0 Å². The summed E-state index contributed by atoms with van der Waals surface area (Å²) in [6.45, 7) is 2.06. The molecule has 2 bridgehead atoms. The predicted molar refractivity (Wildman–Crippen MR) is 149 cm³/mol. The molecule has 4 atom stereocenters. The Bertz CT molecular complexity index is 1660. The molecule has 2 aliphatic heterocycles. The quantitative estimate of drug-likeness (QED) is 0.210. The number of aryl methyl sites for hydroxylation is 1. The van der Waals surface area contributed by atoms with Crippen molar-refractivity contribution < 1.29 is 65.5 Å². The Morgan fingerprint density at radius 2 is 1.86 bits per heavy atom. The van der Waals surface area contributed by atoms with Crippen molar-refractivity contribution in [1.29, 1.82) is 0 Å². The number of benzene rings is 2. The van der Waals surface area contributed by atoms with Crippen LogP contribution in [0.15, 0.2) is 45.8 Å². The van der Waals surface area contributed by atoms with Crippen LogP contribution in [0, 0.1) is 6.92 Å². The second-order valence-corrected chi connectivity index (χ2v) is 13.2. The minimum Gasteiger partial charge on any atom is -0.768 e. The number of hydrogen-bond acceptors (Lipinski definition) is 9. The first-order chi connectivity index (χ1) is 20.1. The number of hydrogen-bond donors (Lipinski definition) is 0. The summed E-state index contributed by atoms with van der Waals surface area (Å²) < 4.78 is 79.7. The molecule has 8 nitrogen and oxygen atoms in total. The number of rotatable bonds is 8. The van der Waals surface area contributed by atoms with E-state index in [9.17, 15) is 21.9 Å². The number of fused-ring (bicyclic) bond motifs is 3. The van der Waals surface area contributed by atoms with Gasteiger partial charge < -0.3 is 23.4 Å². The first-order valence-electron chi connectivity index (χ1n) is 13.9. The fraction of sp³-hybridized carbons (Fsp3) is 0.448. The Morgan fingerprint density at radius 3 is 2.53 bits per heavy atom. The number of para-hydroxylation sites is 1. The number of alkyl halides is 3. The molecule has 7 rings (SSSR count). The number of thiazole rings is 1. The molecule has 4 aromatic rings. The van der Waals surface area contributed by atoms with E-state index in [0.717, 1.165) is 59.4 Å². The second-order valence-electron chi connectivity index (χ2n) is 11.2. The third-order valence-corrected chi connectivity index (χ3v) is 9.99. The van der Waals surface area contributed by atoms with E-state index in [4.69, 9.17) is 14.2 Å². The van der Waals surface area contributed by atoms with Gasteiger partial charge in [-0.25, -0.2) is 4.98 Å². The van der Waals surface area contributed by atoms with Crippen LogP contribution in [0.2, 0.25) is 0 Å². The Hall–Kier alpha value is -2.00. The van der Waals surface area contributed by atoms with E-state index in [1.54, 1.807) is 24.3 Å². The maximum absolute atomic E-state index is 13.1. The van der Waals surface area contributed by atoms with Gasteiger partial charge in [-0.1, -0.05) is 28.6 Å². The van der Waals surface area contributed by atoms with E-state index in [0.29, 0.717) is 17.0 Å². The van der Waals surface area contributed by atoms with Crippen LogP contribution in [0.25, 0.3) is 21.5 Å². The molecule has 14 heteroatoms. The topological polar surface area (TPSA) is 101 Å². The van der Waals surface area contributed by atoms with Crippen molar-refractivity contribution in [1.82, 2.24) is 10.1 Å². The van der Waals surface area contributed by atoms with E-state index in [2.05, 4.69) is 14.8 Å². The SMILES string of the molecule is Cc1cc(S(=O)[O-])cc2sc(N3[C@@H]4CC[C@H]3CC(OCc3c(-c5ccccc5OC(F)(F)F)noc3C3CC3)C4)nc12.[Na+]. The minimum atomic E-state index is -4.83. The Labute approximate surface area is 274 Å². The van der Waals surface area contributed by atoms with E-state index < -0.39 is 17.4 Å². The molecule has 2 aromatic heterocycles. The molecule has 1 aliphatic carbocycles. The van der Waals surface area contributed by atoms with Gasteiger partial charge in [-0.2, -0.15) is 0 Å². The number of aromatic nitrogens is 2. The molecule has 3 aliphatic rings. The van der Waals surface area contributed by atoms with Crippen LogP contribution in [0.1, 0.15) is 61.3 Å². The molecular formula is C29H27F3N3NaO5S2. The van der Waals surface area contributed by atoms with Crippen molar-refractivity contribution in [3.63, 3.8) is 0 Å². The van der Waals surface area contributed by atoms with Gasteiger partial charge in [0, 0.05) is 34.0 Å². The largest absolute Gasteiger partial charge is 1.00 e. The van der Waals surface area contributed by atoms with E-state index >= 15 is 0 Å². The average Bonchev–Trinajstić information content (AvgIpc) is 3.45. The molecule has 3 fully saturated rings. The zero-order valence-corrected chi connectivity index (χ0v) is 27.2. The molecule has 2 saturated heterocycles. The molecule has 2 unspecified atom stereocenters. The number of piperidine rings is 1. The fourth-order valence-electron chi connectivity index (χ4n) is 6.35. The number of ether oxygens (including phenoxy) is 2. The maximum atomic E-state index is 13.1. The maximum Gasteiger partial charge on any atom is 1.00 e. The van der Waals surface area contributed by atoms with Gasteiger partial charge in [0.15, 0.2) is 5.13 Å². The summed E-state index contributed by atoms with van der Waals surface area (Å²) in [6, 6.07) is 9.74. The van der Waals surface area contributed by atoms with Crippen LogP contribution >= 0.6 is 11.3 Å². The zero-order chi connectivity index (χ0) is 29.2. The Morgan fingerprint density at radius 1 is 1.14 bits per heavy atom. The molecule has 222 valence electrons. The number of halogens is 3. The third-order valence-electron chi connectivity index (χ3n) is 8.35. The van der Waals surface area contributed by atoms with Crippen molar-refractivity contribution >= 4 is 37.8 Å². The Kier molecular flexibility index (Phi) is 8.70. The summed E-state index contributed by atoms with van der Waals surface area (Å²) in [5, 5.41) is 5.08. The van der Waals surface area contributed by atoms with Gasteiger partial charge in [0.25, 0.3) is 0 Å². The summed E-state index contributed by atoms with van der Waals surface area (Å²) in [7, 11) is 0. The fourth-order valence-corrected chi connectivity index (χ4v) is 8.14. The van der Waals surface area contributed by atoms with Crippen LogP contribution in [0.3, 0.4) is 0 Å². The normalized spacial score (nSPS) is 22.5. The smallest absolute Gasteiger partial charge is 0.768 e. The molecule has 4 heterocycles. The second kappa shape index (κ2) is 12.1. The van der Waals surface area contributed by atoms with E-state index in [1.807, 2.05) is 6.92 Å². The van der Waals surface area contributed by atoms with E-state index in [1.165, 1.54) is 23.5 Å². The Balaban J connectivity index is 0.00000329. The van der Waals surface area contributed by atoms with Crippen molar-refractivity contribution in [3.05, 3.63) is 53.3 Å². The van der Waals surface area contributed by atoms with E-state index in [-0.39, 0.29) is 76.5 Å². The zero-order valence-electron chi connectivity index (χ0n) is 23.6. The van der Waals surface area contributed by atoms with Crippen molar-refractivity contribution in [2.45, 2.75) is 87.4 Å². The summed E-state index contributed by atoms with van der Waals surface area (Å²) in [6.07, 6.45) is 0.593. The standard InChI is InChI=1S/C29H28F3N3O5S2.Na/c1-15-10-20(42(36)37)13-24-25(15)33-28(41-24)35-17-8-9-18(35)12-19(11-17)38-14-22-26(34-40-27(22)16-6-7-16)21-4-2-3-5-23(21)39-29(30,31)32;/h2-5,10,13,16-19H,6-9,11-12,14H2,1H3,(H,36,37);/q;+1/p-1/t17-,18+,19?;. The van der Waals surface area contributed by atoms with Crippen LogP contribution in [0.5, 0.6) is 5.75 Å². The van der Waals surface area contributed by atoms with Gasteiger partial charge in [0.1, 0.15) is 17.2 Å². The van der Waals surface area contributed by atoms with Crippen LogP contribution in [0.4, 0.5) is 18.3 Å². The van der Waals surface area contributed by atoms with Gasteiger partial charge in [-0.3, -0.25) is 4.21 Å². The third kappa shape index (κ3) is 6.27. The molecular weight excluding hydrogens is 614 g/mol. The predicted octanol–water partition coefficient (Wildman–Crippen LogP) is 3.99. The molecule has 0 spiro atoms. The van der Waals surface area contributed by atoms with Gasteiger partial charge >= 0.3 is 35.9 Å². The molecule has 1 saturated carbocycles.